The maximum absolute atomic E-state index is 12.3. The lowest BCUT2D eigenvalue weighted by Crippen LogP contribution is -2.45. The SMILES string of the molecule is O=C(NS(=O)(=O)C=Cc1ccccc1)N1CCC(c2ccccc2)CC1. The highest BCUT2D eigenvalue weighted by molar-refractivity contribution is 7.93. The van der Waals surface area contributed by atoms with E-state index in [1.807, 2.05) is 36.4 Å². The molecule has 0 atom stereocenters. The predicted molar refractivity (Wildman–Crippen MR) is 103 cm³/mol. The van der Waals surface area contributed by atoms with Crippen LogP contribution >= 0.6 is 0 Å². The summed E-state index contributed by atoms with van der Waals surface area (Å²) in [5.41, 5.74) is 2.03. The first kappa shape index (κ1) is 18.2. The number of likely N-dealkylation sites (tertiary alicyclic amines) is 1. The van der Waals surface area contributed by atoms with Crippen molar-refractivity contribution >= 4 is 22.1 Å². The van der Waals surface area contributed by atoms with Crippen LogP contribution in [0.3, 0.4) is 0 Å². The van der Waals surface area contributed by atoms with Crippen molar-refractivity contribution in [3.8, 4) is 0 Å². The summed E-state index contributed by atoms with van der Waals surface area (Å²) in [5.74, 6) is 0.412. The van der Waals surface area contributed by atoms with E-state index in [0.717, 1.165) is 23.8 Å². The van der Waals surface area contributed by atoms with Crippen molar-refractivity contribution in [3.05, 3.63) is 77.2 Å². The Morgan fingerprint density at radius 1 is 0.962 bits per heavy atom. The second-order valence-corrected chi connectivity index (χ2v) is 7.90. The number of rotatable bonds is 4. The van der Waals surface area contributed by atoms with Gasteiger partial charge >= 0.3 is 6.03 Å². The molecule has 1 heterocycles. The summed E-state index contributed by atoms with van der Waals surface area (Å²) < 4.78 is 26.3. The monoisotopic (exact) mass is 370 g/mol. The highest BCUT2D eigenvalue weighted by Crippen LogP contribution is 2.27. The van der Waals surface area contributed by atoms with Gasteiger partial charge in [0, 0.05) is 13.1 Å². The highest BCUT2D eigenvalue weighted by Gasteiger charge is 2.25. The number of nitrogens with zero attached hydrogens (tertiary/aromatic N) is 1. The Balaban J connectivity index is 1.54. The summed E-state index contributed by atoms with van der Waals surface area (Å²) in [6.45, 7) is 1.09. The molecule has 0 aliphatic carbocycles. The van der Waals surface area contributed by atoms with Gasteiger partial charge < -0.3 is 4.90 Å². The fourth-order valence-corrected chi connectivity index (χ4v) is 3.87. The number of piperidine rings is 1. The Morgan fingerprint density at radius 2 is 1.54 bits per heavy atom. The first-order valence-electron chi connectivity index (χ1n) is 8.63. The minimum atomic E-state index is -3.82. The number of carbonyl (C=O) groups excluding carboxylic acids is 1. The zero-order valence-corrected chi connectivity index (χ0v) is 15.2. The van der Waals surface area contributed by atoms with Gasteiger partial charge in [0.1, 0.15) is 0 Å². The van der Waals surface area contributed by atoms with Crippen LogP contribution in [0.25, 0.3) is 6.08 Å². The molecule has 0 unspecified atom stereocenters. The lowest BCUT2D eigenvalue weighted by molar-refractivity contribution is 0.187. The molecule has 0 radical (unpaired) electrons. The van der Waals surface area contributed by atoms with Crippen molar-refractivity contribution in [1.82, 2.24) is 9.62 Å². The molecule has 0 aromatic heterocycles. The number of urea groups is 1. The number of hydrogen-bond acceptors (Lipinski definition) is 3. The van der Waals surface area contributed by atoms with Crippen molar-refractivity contribution in [3.63, 3.8) is 0 Å². The lowest BCUT2D eigenvalue weighted by Gasteiger charge is -2.32. The molecule has 1 aliphatic heterocycles. The molecule has 1 saturated heterocycles. The molecule has 0 bridgehead atoms. The fourth-order valence-electron chi connectivity index (χ4n) is 3.09. The summed E-state index contributed by atoms with van der Waals surface area (Å²) in [4.78, 5) is 13.8. The van der Waals surface area contributed by atoms with E-state index in [9.17, 15) is 13.2 Å². The Bertz CT molecular complexity index is 856. The molecule has 2 aromatic carbocycles. The Labute approximate surface area is 154 Å². The zero-order valence-electron chi connectivity index (χ0n) is 14.4. The quantitative estimate of drug-likeness (QED) is 0.895. The minimum Gasteiger partial charge on any atom is -0.324 e. The van der Waals surface area contributed by atoms with Crippen molar-refractivity contribution in [2.24, 2.45) is 0 Å². The molecule has 5 nitrogen and oxygen atoms in total. The van der Waals surface area contributed by atoms with Gasteiger partial charge in [0.05, 0.1) is 5.41 Å². The van der Waals surface area contributed by atoms with E-state index in [0.29, 0.717) is 19.0 Å². The Morgan fingerprint density at radius 3 is 2.15 bits per heavy atom. The van der Waals surface area contributed by atoms with Gasteiger partial charge in [0.2, 0.25) is 0 Å². The van der Waals surface area contributed by atoms with Gasteiger partial charge in [0.15, 0.2) is 0 Å². The van der Waals surface area contributed by atoms with E-state index in [1.54, 1.807) is 17.0 Å². The molecule has 1 fully saturated rings. The van der Waals surface area contributed by atoms with E-state index < -0.39 is 16.1 Å². The molecule has 2 aromatic rings. The Hall–Kier alpha value is -2.60. The van der Waals surface area contributed by atoms with Gasteiger partial charge in [-0.2, -0.15) is 0 Å². The van der Waals surface area contributed by atoms with Gasteiger partial charge in [-0.1, -0.05) is 60.7 Å². The second-order valence-electron chi connectivity index (χ2n) is 6.34. The van der Waals surface area contributed by atoms with Crippen LogP contribution in [0.15, 0.2) is 66.1 Å². The largest absolute Gasteiger partial charge is 0.331 e. The minimum absolute atomic E-state index is 0.412. The van der Waals surface area contributed by atoms with E-state index in [2.05, 4.69) is 16.9 Å². The van der Waals surface area contributed by atoms with E-state index in [4.69, 9.17) is 0 Å². The predicted octanol–water partition coefficient (Wildman–Crippen LogP) is 3.58. The van der Waals surface area contributed by atoms with Crippen LogP contribution in [-0.4, -0.2) is 32.4 Å². The molecule has 0 saturated carbocycles. The number of carbonyl (C=O) groups is 1. The molecular formula is C20H22N2O3S. The van der Waals surface area contributed by atoms with Crippen molar-refractivity contribution < 1.29 is 13.2 Å². The summed E-state index contributed by atoms with van der Waals surface area (Å²) in [6.07, 6.45) is 3.13. The maximum Gasteiger partial charge on any atom is 0.331 e. The van der Waals surface area contributed by atoms with Gasteiger partial charge in [0.25, 0.3) is 10.0 Å². The first-order valence-corrected chi connectivity index (χ1v) is 10.2. The molecule has 26 heavy (non-hydrogen) atoms. The van der Waals surface area contributed by atoms with Gasteiger partial charge in [-0.3, -0.25) is 0 Å². The van der Waals surface area contributed by atoms with Gasteiger partial charge in [-0.15, -0.1) is 0 Å². The molecule has 6 heteroatoms. The van der Waals surface area contributed by atoms with E-state index in [1.165, 1.54) is 11.6 Å². The van der Waals surface area contributed by atoms with Gasteiger partial charge in [-0.25, -0.2) is 17.9 Å². The van der Waals surface area contributed by atoms with Crippen LogP contribution in [0.4, 0.5) is 4.79 Å². The van der Waals surface area contributed by atoms with Crippen molar-refractivity contribution in [2.75, 3.05) is 13.1 Å². The number of sulfonamides is 1. The highest BCUT2D eigenvalue weighted by atomic mass is 32.2. The first-order chi connectivity index (χ1) is 12.5. The van der Waals surface area contributed by atoms with E-state index >= 15 is 0 Å². The van der Waals surface area contributed by atoms with Gasteiger partial charge in [-0.05, 0) is 36.0 Å². The molecule has 3 rings (SSSR count). The maximum atomic E-state index is 12.3. The smallest absolute Gasteiger partial charge is 0.324 e. The van der Waals surface area contributed by atoms with Crippen LogP contribution in [0.1, 0.15) is 29.9 Å². The average Bonchev–Trinajstić information content (AvgIpc) is 2.68. The summed E-state index contributed by atoms with van der Waals surface area (Å²) in [6, 6.07) is 18.7. The summed E-state index contributed by atoms with van der Waals surface area (Å²) in [5, 5.41) is 1.02. The standard InChI is InChI=1S/C20H22N2O3S/c23-20(21-26(24,25)16-13-17-7-3-1-4-8-17)22-14-11-19(12-15-22)18-9-5-2-6-10-18/h1-10,13,16,19H,11-12,14-15H2,(H,21,23). The number of benzene rings is 2. The van der Waals surface area contributed by atoms with Crippen LogP contribution in [0.5, 0.6) is 0 Å². The van der Waals surface area contributed by atoms with Crippen LogP contribution in [0, 0.1) is 0 Å². The summed E-state index contributed by atoms with van der Waals surface area (Å²) >= 11 is 0. The third kappa shape index (κ3) is 4.95. The normalized spacial score (nSPS) is 15.9. The molecule has 1 N–H and O–H groups in total. The summed E-state index contributed by atoms with van der Waals surface area (Å²) in [7, 11) is -3.82. The molecule has 0 spiro atoms. The number of hydrogen-bond donors (Lipinski definition) is 1. The third-order valence-electron chi connectivity index (χ3n) is 4.52. The molecule has 136 valence electrons. The van der Waals surface area contributed by atoms with Crippen LogP contribution in [-0.2, 0) is 10.0 Å². The average molecular weight is 370 g/mol. The molecular weight excluding hydrogens is 348 g/mol. The fraction of sp³-hybridized carbons (Fsp3) is 0.250. The zero-order chi connectivity index (χ0) is 18.4. The van der Waals surface area contributed by atoms with Crippen LogP contribution < -0.4 is 4.72 Å². The number of amides is 2. The van der Waals surface area contributed by atoms with E-state index in [-0.39, 0.29) is 0 Å². The molecule has 2 amide bonds. The lowest BCUT2D eigenvalue weighted by atomic mass is 9.90. The topological polar surface area (TPSA) is 66.5 Å². The molecule has 1 aliphatic rings. The second kappa shape index (κ2) is 8.19. The number of nitrogens with one attached hydrogen (secondary N) is 1. The van der Waals surface area contributed by atoms with Crippen molar-refractivity contribution in [1.29, 1.82) is 0 Å². The van der Waals surface area contributed by atoms with Crippen molar-refractivity contribution in [2.45, 2.75) is 18.8 Å². The third-order valence-corrected chi connectivity index (χ3v) is 5.48. The van der Waals surface area contributed by atoms with Crippen LogP contribution in [0.2, 0.25) is 0 Å². The Kier molecular flexibility index (Phi) is 5.73.